The molecule has 0 unspecified atom stereocenters. The Balaban J connectivity index is 2.61. The molecule has 0 atom stereocenters. The lowest BCUT2D eigenvalue weighted by molar-refractivity contribution is -0.127. The molecule has 0 aromatic rings. The molecule has 1 saturated heterocycles. The monoisotopic (exact) mass is 194 g/mol. The summed E-state index contributed by atoms with van der Waals surface area (Å²) < 4.78 is 0. The Morgan fingerprint density at radius 3 is 2.64 bits per heavy atom. The quantitative estimate of drug-likeness (QED) is 0.535. The molecule has 0 aromatic carbocycles. The lowest BCUT2D eigenvalue weighted by Crippen LogP contribution is -2.46. The molecule has 1 heterocycles. The van der Waals surface area contributed by atoms with Gasteiger partial charge in [0.05, 0.1) is 0 Å². The SMILES string of the molecule is C=C/C=C(\CC)C(=O)N1CCNCC1. The van der Waals surface area contributed by atoms with Gasteiger partial charge in [-0.05, 0) is 6.42 Å². The van der Waals surface area contributed by atoms with Crippen molar-refractivity contribution in [2.75, 3.05) is 26.2 Å². The largest absolute Gasteiger partial charge is 0.336 e. The number of rotatable bonds is 3. The lowest BCUT2D eigenvalue weighted by atomic mass is 10.1. The van der Waals surface area contributed by atoms with Gasteiger partial charge in [-0.2, -0.15) is 0 Å². The van der Waals surface area contributed by atoms with Crippen molar-refractivity contribution in [3.05, 3.63) is 24.3 Å². The van der Waals surface area contributed by atoms with Crippen LogP contribution in [0.1, 0.15) is 13.3 Å². The Morgan fingerprint density at radius 1 is 1.50 bits per heavy atom. The molecule has 1 amide bonds. The van der Waals surface area contributed by atoms with E-state index in [4.69, 9.17) is 0 Å². The summed E-state index contributed by atoms with van der Waals surface area (Å²) in [4.78, 5) is 13.8. The molecule has 14 heavy (non-hydrogen) atoms. The fourth-order valence-corrected chi connectivity index (χ4v) is 1.55. The van der Waals surface area contributed by atoms with E-state index in [1.54, 1.807) is 6.08 Å². The highest BCUT2D eigenvalue weighted by Gasteiger charge is 2.17. The van der Waals surface area contributed by atoms with Crippen molar-refractivity contribution in [3.63, 3.8) is 0 Å². The van der Waals surface area contributed by atoms with E-state index < -0.39 is 0 Å². The second kappa shape index (κ2) is 5.60. The van der Waals surface area contributed by atoms with Crippen LogP contribution < -0.4 is 5.32 Å². The molecular formula is C11H18N2O. The summed E-state index contributed by atoms with van der Waals surface area (Å²) in [5, 5.41) is 3.23. The third-order valence-corrected chi connectivity index (χ3v) is 2.38. The van der Waals surface area contributed by atoms with Gasteiger partial charge >= 0.3 is 0 Å². The average Bonchev–Trinajstić information content (AvgIpc) is 2.26. The Bertz CT molecular complexity index is 240. The molecule has 1 rings (SSSR count). The first-order valence-electron chi connectivity index (χ1n) is 5.11. The molecule has 0 aromatic heterocycles. The number of allylic oxidation sites excluding steroid dienone is 2. The van der Waals surface area contributed by atoms with Crippen molar-refractivity contribution in [2.24, 2.45) is 0 Å². The van der Waals surface area contributed by atoms with E-state index in [1.165, 1.54) is 0 Å². The van der Waals surface area contributed by atoms with Crippen LogP contribution in [-0.4, -0.2) is 37.0 Å². The molecule has 3 nitrogen and oxygen atoms in total. The Labute approximate surface area is 85.5 Å². The van der Waals surface area contributed by atoms with Crippen LogP contribution in [0.3, 0.4) is 0 Å². The number of piperazine rings is 1. The average molecular weight is 194 g/mol. The zero-order valence-electron chi connectivity index (χ0n) is 8.75. The standard InChI is InChI=1S/C11H18N2O/c1-3-5-10(4-2)11(14)13-8-6-12-7-9-13/h3,5,12H,1,4,6-9H2,2H3/b10-5+. The van der Waals surface area contributed by atoms with Crippen LogP contribution in [0.4, 0.5) is 0 Å². The molecule has 1 fully saturated rings. The summed E-state index contributed by atoms with van der Waals surface area (Å²) >= 11 is 0. The summed E-state index contributed by atoms with van der Waals surface area (Å²) in [7, 11) is 0. The number of hydrogen-bond donors (Lipinski definition) is 1. The second-order valence-electron chi connectivity index (χ2n) is 3.32. The normalized spacial score (nSPS) is 18.1. The number of hydrogen-bond acceptors (Lipinski definition) is 2. The first-order valence-corrected chi connectivity index (χ1v) is 5.11. The predicted octanol–water partition coefficient (Wildman–Crippen LogP) is 0.941. The summed E-state index contributed by atoms with van der Waals surface area (Å²) in [6, 6.07) is 0. The van der Waals surface area contributed by atoms with Gasteiger partial charge < -0.3 is 10.2 Å². The highest BCUT2D eigenvalue weighted by Crippen LogP contribution is 2.07. The molecule has 0 saturated carbocycles. The van der Waals surface area contributed by atoms with Gasteiger partial charge in [0.2, 0.25) is 5.91 Å². The smallest absolute Gasteiger partial charge is 0.249 e. The van der Waals surface area contributed by atoms with E-state index >= 15 is 0 Å². The Hall–Kier alpha value is -1.09. The van der Waals surface area contributed by atoms with Gasteiger partial charge in [-0.1, -0.05) is 25.7 Å². The number of amides is 1. The van der Waals surface area contributed by atoms with E-state index in [-0.39, 0.29) is 5.91 Å². The van der Waals surface area contributed by atoms with E-state index in [2.05, 4.69) is 11.9 Å². The molecule has 78 valence electrons. The minimum atomic E-state index is 0.161. The topological polar surface area (TPSA) is 32.3 Å². The predicted molar refractivity (Wildman–Crippen MR) is 58.0 cm³/mol. The van der Waals surface area contributed by atoms with Crippen LogP contribution in [0.5, 0.6) is 0 Å². The maximum absolute atomic E-state index is 11.9. The van der Waals surface area contributed by atoms with E-state index in [1.807, 2.05) is 17.9 Å². The molecule has 1 aliphatic rings. The van der Waals surface area contributed by atoms with Crippen molar-refractivity contribution < 1.29 is 4.79 Å². The maximum atomic E-state index is 11.9. The van der Waals surface area contributed by atoms with Gasteiger partial charge in [0, 0.05) is 31.8 Å². The summed E-state index contributed by atoms with van der Waals surface area (Å²) in [5.41, 5.74) is 0.849. The van der Waals surface area contributed by atoms with E-state index in [0.29, 0.717) is 0 Å². The third-order valence-electron chi connectivity index (χ3n) is 2.38. The zero-order valence-corrected chi connectivity index (χ0v) is 8.75. The molecule has 1 aliphatic heterocycles. The van der Waals surface area contributed by atoms with Crippen molar-refractivity contribution in [2.45, 2.75) is 13.3 Å². The Morgan fingerprint density at radius 2 is 2.14 bits per heavy atom. The highest BCUT2D eigenvalue weighted by molar-refractivity contribution is 5.93. The fraction of sp³-hybridized carbons (Fsp3) is 0.545. The van der Waals surface area contributed by atoms with Gasteiger partial charge in [-0.3, -0.25) is 4.79 Å². The van der Waals surface area contributed by atoms with Crippen molar-refractivity contribution in [3.8, 4) is 0 Å². The van der Waals surface area contributed by atoms with Gasteiger partial charge in [-0.25, -0.2) is 0 Å². The number of carbonyl (C=O) groups excluding carboxylic acids is 1. The van der Waals surface area contributed by atoms with Crippen LogP contribution in [0.2, 0.25) is 0 Å². The van der Waals surface area contributed by atoms with Gasteiger partial charge in [0.1, 0.15) is 0 Å². The minimum absolute atomic E-state index is 0.161. The first kappa shape index (κ1) is 11.0. The van der Waals surface area contributed by atoms with Crippen molar-refractivity contribution in [1.29, 1.82) is 0 Å². The molecular weight excluding hydrogens is 176 g/mol. The molecule has 0 radical (unpaired) electrons. The molecule has 0 bridgehead atoms. The lowest BCUT2D eigenvalue weighted by Gasteiger charge is -2.28. The summed E-state index contributed by atoms with van der Waals surface area (Å²) in [6.45, 7) is 9.04. The van der Waals surface area contributed by atoms with E-state index in [0.717, 1.165) is 38.2 Å². The van der Waals surface area contributed by atoms with Crippen molar-refractivity contribution in [1.82, 2.24) is 10.2 Å². The maximum Gasteiger partial charge on any atom is 0.249 e. The minimum Gasteiger partial charge on any atom is -0.336 e. The number of nitrogens with zero attached hydrogens (tertiary/aromatic N) is 1. The van der Waals surface area contributed by atoms with E-state index in [9.17, 15) is 4.79 Å². The highest BCUT2D eigenvalue weighted by atomic mass is 16.2. The number of nitrogens with one attached hydrogen (secondary N) is 1. The molecule has 1 N–H and O–H groups in total. The van der Waals surface area contributed by atoms with Crippen LogP contribution in [0, 0.1) is 0 Å². The molecule has 0 aliphatic carbocycles. The zero-order chi connectivity index (χ0) is 10.4. The van der Waals surface area contributed by atoms with Gasteiger partial charge in [0.25, 0.3) is 0 Å². The number of carbonyl (C=O) groups is 1. The third kappa shape index (κ3) is 2.70. The van der Waals surface area contributed by atoms with Gasteiger partial charge in [0.15, 0.2) is 0 Å². The van der Waals surface area contributed by atoms with Crippen LogP contribution in [0.15, 0.2) is 24.3 Å². The van der Waals surface area contributed by atoms with Crippen LogP contribution in [-0.2, 0) is 4.79 Å². The first-order chi connectivity index (χ1) is 6.79. The van der Waals surface area contributed by atoms with Gasteiger partial charge in [-0.15, -0.1) is 0 Å². The molecule has 0 spiro atoms. The van der Waals surface area contributed by atoms with Crippen LogP contribution in [0.25, 0.3) is 0 Å². The van der Waals surface area contributed by atoms with Crippen LogP contribution >= 0.6 is 0 Å². The molecule has 3 heteroatoms. The second-order valence-corrected chi connectivity index (χ2v) is 3.32. The Kier molecular flexibility index (Phi) is 4.40. The fourth-order valence-electron chi connectivity index (χ4n) is 1.55. The summed E-state index contributed by atoms with van der Waals surface area (Å²) in [5.74, 6) is 0.161. The summed E-state index contributed by atoms with van der Waals surface area (Å²) in [6.07, 6.45) is 4.26. The van der Waals surface area contributed by atoms with Crippen molar-refractivity contribution >= 4 is 5.91 Å².